The molecular weight excluding hydrogens is 378 g/mol. The van der Waals surface area contributed by atoms with E-state index >= 15 is 0 Å². The summed E-state index contributed by atoms with van der Waals surface area (Å²) in [7, 11) is 1.50. The number of ether oxygens (including phenoxy) is 2. The van der Waals surface area contributed by atoms with Crippen molar-refractivity contribution in [1.82, 2.24) is 4.98 Å². The normalized spacial score (nSPS) is 13.4. The molecule has 1 aliphatic rings. The van der Waals surface area contributed by atoms with Crippen LogP contribution in [0, 0.1) is 0 Å². The van der Waals surface area contributed by atoms with E-state index in [-0.39, 0.29) is 12.4 Å². The third-order valence-electron chi connectivity index (χ3n) is 4.76. The number of pyridine rings is 1. The van der Waals surface area contributed by atoms with Gasteiger partial charge in [0.1, 0.15) is 5.75 Å². The topological polar surface area (TPSA) is 65.5 Å². The molecule has 0 atom stereocenters. The molecule has 3 aromatic rings. The fourth-order valence-corrected chi connectivity index (χ4v) is 3.34. The molecule has 0 saturated heterocycles. The molecule has 1 fully saturated rings. The Morgan fingerprint density at radius 1 is 1.14 bits per heavy atom. The minimum absolute atomic E-state index is 0.328. The van der Waals surface area contributed by atoms with Gasteiger partial charge in [0.2, 0.25) is 0 Å². The van der Waals surface area contributed by atoms with Crippen LogP contribution in [-0.4, -0.2) is 30.5 Å². The number of esters is 1. The lowest BCUT2D eigenvalue weighted by Gasteiger charge is -2.10. The fraction of sp³-hybridized carbons (Fsp3) is 0.227. The van der Waals surface area contributed by atoms with Crippen LogP contribution in [0.25, 0.3) is 10.9 Å². The molecular formula is C22H18ClNO4. The van der Waals surface area contributed by atoms with E-state index in [1.807, 2.05) is 24.3 Å². The maximum Gasteiger partial charge on any atom is 0.339 e. The van der Waals surface area contributed by atoms with Gasteiger partial charge in [-0.1, -0.05) is 29.8 Å². The number of Topliss-reactive ketones (excluding diaryl/α,β-unsaturated/α-hetero) is 1. The van der Waals surface area contributed by atoms with Crippen molar-refractivity contribution in [3.05, 3.63) is 70.4 Å². The Bertz CT molecular complexity index is 1080. The van der Waals surface area contributed by atoms with Crippen molar-refractivity contribution in [2.75, 3.05) is 13.7 Å². The minimum Gasteiger partial charge on any atom is -0.495 e. The van der Waals surface area contributed by atoms with Gasteiger partial charge in [-0.3, -0.25) is 9.78 Å². The van der Waals surface area contributed by atoms with E-state index in [9.17, 15) is 9.59 Å². The number of halogens is 1. The van der Waals surface area contributed by atoms with Crippen LogP contribution in [0.2, 0.25) is 5.02 Å². The first-order valence-electron chi connectivity index (χ1n) is 9.00. The van der Waals surface area contributed by atoms with Crippen molar-refractivity contribution in [2.24, 2.45) is 0 Å². The van der Waals surface area contributed by atoms with Gasteiger partial charge in [0.25, 0.3) is 0 Å². The predicted molar refractivity (Wildman–Crippen MR) is 106 cm³/mol. The molecule has 0 amide bonds. The summed E-state index contributed by atoms with van der Waals surface area (Å²) in [4.78, 5) is 29.7. The Kier molecular flexibility index (Phi) is 5.01. The minimum atomic E-state index is -0.534. The molecule has 0 spiro atoms. The number of fused-ring (bicyclic) bond motifs is 1. The van der Waals surface area contributed by atoms with Crippen LogP contribution in [0.4, 0.5) is 0 Å². The molecule has 6 heteroatoms. The molecule has 142 valence electrons. The van der Waals surface area contributed by atoms with Crippen LogP contribution in [0.15, 0.2) is 48.5 Å². The number of para-hydroxylation sites is 1. The highest BCUT2D eigenvalue weighted by Crippen LogP contribution is 2.40. The first-order chi connectivity index (χ1) is 13.6. The molecule has 0 radical (unpaired) electrons. The molecule has 5 nitrogen and oxygen atoms in total. The summed E-state index contributed by atoms with van der Waals surface area (Å²) in [5.74, 6) is 0.0115. The second-order valence-electron chi connectivity index (χ2n) is 6.73. The molecule has 0 bridgehead atoms. The number of ketones is 1. The van der Waals surface area contributed by atoms with Gasteiger partial charge in [-0.25, -0.2) is 4.79 Å². The van der Waals surface area contributed by atoms with E-state index in [0.717, 1.165) is 29.4 Å². The predicted octanol–water partition coefficient (Wildman–Crippen LogP) is 4.81. The lowest BCUT2D eigenvalue weighted by Crippen LogP contribution is -2.15. The highest BCUT2D eigenvalue weighted by molar-refractivity contribution is 6.32. The highest BCUT2D eigenvalue weighted by Gasteiger charge is 2.27. The molecule has 1 heterocycles. The quantitative estimate of drug-likeness (QED) is 0.442. The molecule has 1 saturated carbocycles. The number of nitrogens with zero attached hydrogens (tertiary/aromatic N) is 1. The standard InChI is InChI=1S/C22H18ClNO4/c1-27-21-9-8-14(10-17(21)23)20(25)12-28-22(26)16-11-19(13-6-7-13)24-18-5-3-2-4-15(16)18/h2-5,8-11,13H,6-7,12H2,1H3. The Balaban J connectivity index is 1.54. The summed E-state index contributed by atoms with van der Waals surface area (Å²) in [6, 6.07) is 13.9. The molecule has 0 aliphatic heterocycles. The Morgan fingerprint density at radius 2 is 1.93 bits per heavy atom. The maximum absolute atomic E-state index is 12.7. The monoisotopic (exact) mass is 395 g/mol. The molecule has 1 aliphatic carbocycles. The molecule has 2 aromatic carbocycles. The Hall–Kier alpha value is -2.92. The van der Waals surface area contributed by atoms with E-state index in [2.05, 4.69) is 4.98 Å². The summed E-state index contributed by atoms with van der Waals surface area (Å²) >= 11 is 6.06. The van der Waals surface area contributed by atoms with Gasteiger partial charge in [-0.2, -0.15) is 0 Å². The first kappa shape index (κ1) is 18.4. The van der Waals surface area contributed by atoms with Crippen LogP contribution < -0.4 is 4.74 Å². The van der Waals surface area contributed by atoms with Gasteiger partial charge in [0, 0.05) is 22.6 Å². The molecule has 28 heavy (non-hydrogen) atoms. The second kappa shape index (κ2) is 7.60. The van der Waals surface area contributed by atoms with Gasteiger partial charge in [0.05, 0.1) is 23.2 Å². The SMILES string of the molecule is COc1ccc(C(=O)COC(=O)c2cc(C3CC3)nc3ccccc23)cc1Cl. The van der Waals surface area contributed by atoms with Crippen LogP contribution >= 0.6 is 11.6 Å². The molecule has 0 unspecified atom stereocenters. The fourth-order valence-electron chi connectivity index (χ4n) is 3.09. The summed E-state index contributed by atoms with van der Waals surface area (Å²) in [5, 5.41) is 1.05. The summed E-state index contributed by atoms with van der Waals surface area (Å²) in [6.07, 6.45) is 2.16. The zero-order chi connectivity index (χ0) is 19.7. The molecule has 4 rings (SSSR count). The third-order valence-corrected chi connectivity index (χ3v) is 5.06. The van der Waals surface area contributed by atoms with Gasteiger partial charge < -0.3 is 9.47 Å². The zero-order valence-corrected chi connectivity index (χ0v) is 16.0. The van der Waals surface area contributed by atoms with Crippen molar-refractivity contribution < 1.29 is 19.1 Å². The highest BCUT2D eigenvalue weighted by atomic mass is 35.5. The van der Waals surface area contributed by atoms with E-state index < -0.39 is 5.97 Å². The van der Waals surface area contributed by atoms with Crippen molar-refractivity contribution in [3.63, 3.8) is 0 Å². The molecule has 0 N–H and O–H groups in total. The van der Waals surface area contributed by atoms with E-state index in [1.165, 1.54) is 13.2 Å². The Morgan fingerprint density at radius 3 is 2.64 bits per heavy atom. The Labute approximate surface area is 167 Å². The smallest absolute Gasteiger partial charge is 0.339 e. The largest absolute Gasteiger partial charge is 0.495 e. The van der Waals surface area contributed by atoms with Crippen molar-refractivity contribution in [1.29, 1.82) is 0 Å². The van der Waals surface area contributed by atoms with E-state index in [1.54, 1.807) is 18.2 Å². The van der Waals surface area contributed by atoms with Gasteiger partial charge in [0.15, 0.2) is 12.4 Å². The summed E-state index contributed by atoms with van der Waals surface area (Å²) in [6.45, 7) is -0.364. The van der Waals surface area contributed by atoms with Crippen molar-refractivity contribution >= 4 is 34.3 Å². The number of carbonyl (C=O) groups is 2. The number of rotatable bonds is 6. The number of carbonyl (C=O) groups excluding carboxylic acids is 2. The lowest BCUT2D eigenvalue weighted by atomic mass is 10.1. The lowest BCUT2D eigenvalue weighted by molar-refractivity contribution is 0.0476. The third kappa shape index (κ3) is 3.71. The summed E-state index contributed by atoms with van der Waals surface area (Å²) < 4.78 is 10.4. The number of aromatic nitrogens is 1. The van der Waals surface area contributed by atoms with Crippen LogP contribution in [0.5, 0.6) is 5.75 Å². The van der Waals surface area contributed by atoms with Crippen LogP contribution in [0.1, 0.15) is 45.2 Å². The van der Waals surface area contributed by atoms with Crippen molar-refractivity contribution in [2.45, 2.75) is 18.8 Å². The first-order valence-corrected chi connectivity index (χ1v) is 9.38. The number of hydrogen-bond donors (Lipinski definition) is 0. The van der Waals surface area contributed by atoms with E-state index in [4.69, 9.17) is 21.1 Å². The molecule has 1 aromatic heterocycles. The van der Waals surface area contributed by atoms with Gasteiger partial charge in [-0.15, -0.1) is 0 Å². The number of hydrogen-bond acceptors (Lipinski definition) is 5. The van der Waals surface area contributed by atoms with Crippen molar-refractivity contribution in [3.8, 4) is 5.75 Å². The van der Waals surface area contributed by atoms with Gasteiger partial charge >= 0.3 is 5.97 Å². The van der Waals surface area contributed by atoms with E-state index in [0.29, 0.717) is 27.8 Å². The zero-order valence-electron chi connectivity index (χ0n) is 15.3. The maximum atomic E-state index is 12.7. The summed E-state index contributed by atoms with van der Waals surface area (Å²) in [5.41, 5.74) is 2.45. The van der Waals surface area contributed by atoms with Gasteiger partial charge in [-0.05, 0) is 43.2 Å². The average molecular weight is 396 g/mol. The average Bonchev–Trinajstić information content (AvgIpc) is 3.56. The van der Waals surface area contributed by atoms with Crippen LogP contribution in [-0.2, 0) is 4.74 Å². The number of methoxy groups -OCH3 is 1. The second-order valence-corrected chi connectivity index (χ2v) is 7.14. The number of benzene rings is 2. The van der Waals surface area contributed by atoms with Crippen LogP contribution in [0.3, 0.4) is 0 Å².